The lowest BCUT2D eigenvalue weighted by Crippen LogP contribution is -2.35. The van der Waals surface area contributed by atoms with Gasteiger partial charge in [0.05, 0.1) is 11.9 Å². The number of aryl methyl sites for hydroxylation is 1. The fraction of sp³-hybridized carbons (Fsp3) is 0.174. The average molecular weight is 404 g/mol. The molecule has 0 saturated carbocycles. The Morgan fingerprint density at radius 3 is 2.45 bits per heavy atom. The van der Waals surface area contributed by atoms with Crippen LogP contribution in [0.15, 0.2) is 76.9 Å². The van der Waals surface area contributed by atoms with E-state index in [9.17, 15) is 9.59 Å². The molecule has 0 unspecified atom stereocenters. The molecule has 146 valence electrons. The minimum atomic E-state index is -0.203. The van der Waals surface area contributed by atoms with Crippen molar-refractivity contribution in [3.8, 4) is 0 Å². The van der Waals surface area contributed by atoms with E-state index in [1.165, 1.54) is 10.2 Å². The molecule has 4 aromatic rings. The Morgan fingerprint density at radius 1 is 1.00 bits per heavy atom. The molecule has 0 bridgehead atoms. The van der Waals surface area contributed by atoms with Crippen LogP contribution in [-0.2, 0) is 20.0 Å². The molecule has 0 aliphatic carbocycles. The lowest BCUT2D eigenvalue weighted by atomic mass is 10.1. The van der Waals surface area contributed by atoms with Gasteiger partial charge in [0.15, 0.2) is 5.69 Å². The highest BCUT2D eigenvalue weighted by molar-refractivity contribution is 7.09. The summed E-state index contributed by atoms with van der Waals surface area (Å²) in [5.41, 5.74) is 1.29. The molecule has 2 heterocycles. The van der Waals surface area contributed by atoms with Gasteiger partial charge in [0, 0.05) is 23.9 Å². The number of carbonyl (C=O) groups is 1. The van der Waals surface area contributed by atoms with Gasteiger partial charge in [-0.1, -0.05) is 54.6 Å². The van der Waals surface area contributed by atoms with Crippen molar-refractivity contribution in [2.24, 2.45) is 7.05 Å². The number of hydrogen-bond donors (Lipinski definition) is 0. The molecule has 0 atom stereocenters. The fourth-order valence-corrected chi connectivity index (χ4v) is 4.08. The van der Waals surface area contributed by atoms with Crippen molar-refractivity contribution in [3.05, 3.63) is 98.6 Å². The van der Waals surface area contributed by atoms with Gasteiger partial charge in [-0.05, 0) is 29.5 Å². The zero-order valence-corrected chi connectivity index (χ0v) is 16.9. The van der Waals surface area contributed by atoms with E-state index in [0.29, 0.717) is 29.6 Å². The highest BCUT2D eigenvalue weighted by Gasteiger charge is 2.22. The highest BCUT2D eigenvalue weighted by atomic mass is 32.1. The average Bonchev–Trinajstić information content (AvgIpc) is 3.27. The Kier molecular flexibility index (Phi) is 5.53. The number of thiophene rings is 1. The van der Waals surface area contributed by atoms with Crippen molar-refractivity contribution >= 4 is 28.0 Å². The van der Waals surface area contributed by atoms with Crippen molar-refractivity contribution in [3.63, 3.8) is 0 Å². The third-order valence-corrected chi connectivity index (χ3v) is 5.75. The maximum Gasteiger partial charge on any atom is 0.275 e. The zero-order valence-electron chi connectivity index (χ0n) is 16.1. The first kappa shape index (κ1) is 19.1. The number of hydrogen-bond acceptors (Lipinski definition) is 4. The van der Waals surface area contributed by atoms with Crippen LogP contribution in [0.25, 0.3) is 10.8 Å². The number of aromatic nitrogens is 2. The number of rotatable bonds is 6. The second-order valence-electron chi connectivity index (χ2n) is 6.86. The molecule has 2 aromatic carbocycles. The van der Waals surface area contributed by atoms with Gasteiger partial charge < -0.3 is 4.90 Å². The van der Waals surface area contributed by atoms with Gasteiger partial charge in [0.1, 0.15) is 0 Å². The van der Waals surface area contributed by atoms with Crippen LogP contribution in [0.1, 0.15) is 20.9 Å². The molecule has 1 amide bonds. The summed E-state index contributed by atoms with van der Waals surface area (Å²) in [5.74, 6) is -0.166. The van der Waals surface area contributed by atoms with E-state index >= 15 is 0 Å². The first-order chi connectivity index (χ1) is 14.1. The second-order valence-corrected chi connectivity index (χ2v) is 7.90. The van der Waals surface area contributed by atoms with E-state index in [1.807, 2.05) is 46.7 Å². The second kappa shape index (κ2) is 8.41. The van der Waals surface area contributed by atoms with Gasteiger partial charge in [0.25, 0.3) is 11.5 Å². The Morgan fingerprint density at radius 2 is 1.72 bits per heavy atom. The summed E-state index contributed by atoms with van der Waals surface area (Å²) >= 11 is 1.63. The van der Waals surface area contributed by atoms with Crippen LogP contribution >= 0.6 is 11.3 Å². The first-order valence-corrected chi connectivity index (χ1v) is 10.3. The third kappa shape index (κ3) is 4.12. The van der Waals surface area contributed by atoms with Crippen LogP contribution < -0.4 is 5.56 Å². The van der Waals surface area contributed by atoms with Crippen molar-refractivity contribution in [1.82, 2.24) is 14.7 Å². The van der Waals surface area contributed by atoms with Gasteiger partial charge in [-0.15, -0.1) is 11.3 Å². The lowest BCUT2D eigenvalue weighted by Gasteiger charge is -2.22. The van der Waals surface area contributed by atoms with Crippen LogP contribution in [0.3, 0.4) is 0 Å². The maximum absolute atomic E-state index is 13.5. The van der Waals surface area contributed by atoms with Crippen LogP contribution in [0.2, 0.25) is 0 Å². The SMILES string of the molecule is Cn1nc(C(=O)N(CCc2ccccc2)Cc2cccs2)c2ccccc2c1=O. The number of carbonyl (C=O) groups excluding carboxylic acids is 1. The summed E-state index contributed by atoms with van der Waals surface area (Å²) in [7, 11) is 1.58. The lowest BCUT2D eigenvalue weighted by molar-refractivity contribution is 0.0740. The standard InChI is InChI=1S/C23H21N3O2S/c1-25-22(27)20-12-6-5-11-19(20)21(24-25)23(28)26(16-18-10-7-15-29-18)14-13-17-8-3-2-4-9-17/h2-12,15H,13-14,16H2,1H3. The molecule has 0 spiro atoms. The summed E-state index contributed by atoms with van der Waals surface area (Å²) in [6.07, 6.45) is 0.752. The Bertz CT molecular complexity index is 1180. The normalized spacial score (nSPS) is 10.9. The minimum Gasteiger partial charge on any atom is -0.332 e. The number of nitrogens with zero attached hydrogens (tertiary/aromatic N) is 3. The van der Waals surface area contributed by atoms with Gasteiger partial charge in [0.2, 0.25) is 0 Å². The largest absolute Gasteiger partial charge is 0.332 e. The van der Waals surface area contributed by atoms with Crippen molar-refractivity contribution in [2.75, 3.05) is 6.54 Å². The molecule has 2 aromatic heterocycles. The predicted octanol–water partition coefficient (Wildman–Crippen LogP) is 3.88. The van der Waals surface area contributed by atoms with E-state index < -0.39 is 0 Å². The van der Waals surface area contributed by atoms with Crippen molar-refractivity contribution < 1.29 is 4.79 Å². The van der Waals surface area contributed by atoms with Gasteiger partial charge >= 0.3 is 0 Å². The molecule has 5 nitrogen and oxygen atoms in total. The molecule has 0 radical (unpaired) electrons. The number of benzene rings is 2. The first-order valence-electron chi connectivity index (χ1n) is 9.45. The third-order valence-electron chi connectivity index (χ3n) is 4.89. The van der Waals surface area contributed by atoms with Crippen LogP contribution in [0.5, 0.6) is 0 Å². The van der Waals surface area contributed by atoms with Gasteiger partial charge in [-0.3, -0.25) is 9.59 Å². The summed E-state index contributed by atoms with van der Waals surface area (Å²) in [6, 6.07) is 21.3. The van der Waals surface area contributed by atoms with Crippen LogP contribution in [-0.4, -0.2) is 27.1 Å². The monoisotopic (exact) mass is 403 g/mol. The van der Waals surface area contributed by atoms with Crippen LogP contribution in [0.4, 0.5) is 0 Å². The number of amides is 1. The molecule has 0 aliphatic heterocycles. The Labute approximate surface area is 172 Å². The van der Waals surface area contributed by atoms with Crippen LogP contribution in [0, 0.1) is 0 Å². The van der Waals surface area contributed by atoms with Gasteiger partial charge in [-0.25, -0.2) is 4.68 Å². The Hall–Kier alpha value is -3.25. The van der Waals surface area contributed by atoms with Gasteiger partial charge in [-0.2, -0.15) is 5.10 Å². The van der Waals surface area contributed by atoms with E-state index in [-0.39, 0.29) is 11.5 Å². The molecule has 29 heavy (non-hydrogen) atoms. The molecular formula is C23H21N3O2S. The number of fused-ring (bicyclic) bond motifs is 1. The topological polar surface area (TPSA) is 55.2 Å². The molecule has 0 fully saturated rings. The molecule has 0 aliphatic rings. The van der Waals surface area contributed by atoms with Crippen molar-refractivity contribution in [1.29, 1.82) is 0 Å². The highest BCUT2D eigenvalue weighted by Crippen LogP contribution is 2.19. The summed E-state index contributed by atoms with van der Waals surface area (Å²) in [6.45, 7) is 1.09. The fourth-order valence-electron chi connectivity index (χ4n) is 3.36. The Balaban J connectivity index is 1.70. The quantitative estimate of drug-likeness (QED) is 0.491. The van der Waals surface area contributed by atoms with E-state index in [0.717, 1.165) is 11.3 Å². The van der Waals surface area contributed by atoms with E-state index in [1.54, 1.807) is 36.6 Å². The minimum absolute atomic E-state index is 0.166. The predicted molar refractivity (Wildman–Crippen MR) is 116 cm³/mol. The maximum atomic E-state index is 13.5. The molecule has 4 rings (SSSR count). The molecule has 6 heteroatoms. The molecular weight excluding hydrogens is 382 g/mol. The summed E-state index contributed by atoms with van der Waals surface area (Å²) in [5, 5.41) is 7.43. The van der Waals surface area contributed by atoms with Crippen molar-refractivity contribution in [2.45, 2.75) is 13.0 Å². The summed E-state index contributed by atoms with van der Waals surface area (Å²) < 4.78 is 1.25. The molecule has 0 N–H and O–H groups in total. The summed E-state index contributed by atoms with van der Waals surface area (Å²) in [4.78, 5) is 28.9. The van der Waals surface area contributed by atoms with E-state index in [2.05, 4.69) is 17.2 Å². The van der Waals surface area contributed by atoms with E-state index in [4.69, 9.17) is 0 Å². The smallest absolute Gasteiger partial charge is 0.275 e. The zero-order chi connectivity index (χ0) is 20.2. The molecule has 0 saturated heterocycles.